The second kappa shape index (κ2) is 5.03. The van der Waals surface area contributed by atoms with Crippen LogP contribution in [-0.4, -0.2) is 12.8 Å². The Morgan fingerprint density at radius 1 is 1.38 bits per heavy atom. The average Bonchev–Trinajstić information content (AvgIpc) is 2.19. The highest BCUT2D eigenvalue weighted by Crippen LogP contribution is 2.29. The van der Waals surface area contributed by atoms with Crippen molar-refractivity contribution in [1.82, 2.24) is 0 Å². The zero-order valence-electron chi connectivity index (χ0n) is 9.60. The van der Waals surface area contributed by atoms with Crippen molar-refractivity contribution in [2.24, 2.45) is 5.73 Å². The Balaban J connectivity index is 3.33. The standard InChI is InChI=1S/C12H15ClN2O/c1-7(14)12(8(2)15)10-5-4-9(16-3)6-11(10)13/h4-6,14H,15H2,1-3H3/b12-8+,14-7?. The molecule has 0 spiro atoms. The number of hydrogen-bond acceptors (Lipinski definition) is 3. The van der Waals surface area contributed by atoms with Gasteiger partial charge in [0.1, 0.15) is 5.75 Å². The van der Waals surface area contributed by atoms with E-state index in [-0.39, 0.29) is 0 Å². The molecule has 1 rings (SSSR count). The molecule has 0 atom stereocenters. The topological polar surface area (TPSA) is 59.1 Å². The molecule has 0 amide bonds. The summed E-state index contributed by atoms with van der Waals surface area (Å²) in [5, 5.41) is 8.22. The lowest BCUT2D eigenvalue weighted by atomic mass is 10.00. The maximum atomic E-state index is 7.69. The molecule has 1 aromatic rings. The van der Waals surface area contributed by atoms with Crippen LogP contribution >= 0.6 is 11.6 Å². The molecule has 0 saturated heterocycles. The van der Waals surface area contributed by atoms with Crippen LogP contribution in [0.25, 0.3) is 5.57 Å². The molecule has 0 radical (unpaired) electrons. The molecule has 0 aliphatic carbocycles. The largest absolute Gasteiger partial charge is 0.497 e. The van der Waals surface area contributed by atoms with E-state index in [0.717, 1.165) is 5.56 Å². The Kier molecular flexibility index (Phi) is 3.96. The Hall–Kier alpha value is -1.48. The van der Waals surface area contributed by atoms with Gasteiger partial charge in [0, 0.05) is 22.5 Å². The molecule has 0 aromatic heterocycles. The van der Waals surface area contributed by atoms with Gasteiger partial charge in [0.25, 0.3) is 0 Å². The van der Waals surface area contributed by atoms with Crippen molar-refractivity contribution < 1.29 is 4.74 Å². The van der Waals surface area contributed by atoms with Gasteiger partial charge in [-0.1, -0.05) is 11.6 Å². The van der Waals surface area contributed by atoms with Crippen LogP contribution in [0.3, 0.4) is 0 Å². The molecule has 0 saturated carbocycles. The van der Waals surface area contributed by atoms with Gasteiger partial charge in [-0.25, -0.2) is 0 Å². The zero-order valence-corrected chi connectivity index (χ0v) is 10.4. The molecule has 16 heavy (non-hydrogen) atoms. The number of rotatable bonds is 3. The fourth-order valence-electron chi connectivity index (χ4n) is 1.54. The third-order valence-corrected chi connectivity index (χ3v) is 2.53. The SMILES string of the molecule is COc1ccc(/C(C(C)=N)=C(\C)N)c(Cl)c1. The van der Waals surface area contributed by atoms with E-state index < -0.39 is 0 Å². The molecule has 1 aromatic carbocycles. The number of methoxy groups -OCH3 is 1. The zero-order chi connectivity index (χ0) is 12.3. The van der Waals surface area contributed by atoms with Crippen LogP contribution in [0.2, 0.25) is 5.02 Å². The van der Waals surface area contributed by atoms with E-state index in [1.54, 1.807) is 33.1 Å². The molecule has 0 aliphatic heterocycles. The number of halogens is 1. The second-order valence-corrected chi connectivity index (χ2v) is 3.94. The highest BCUT2D eigenvalue weighted by molar-refractivity contribution is 6.35. The van der Waals surface area contributed by atoms with Gasteiger partial charge in [0.05, 0.1) is 12.1 Å². The maximum Gasteiger partial charge on any atom is 0.120 e. The van der Waals surface area contributed by atoms with Crippen LogP contribution in [0.1, 0.15) is 19.4 Å². The van der Waals surface area contributed by atoms with E-state index >= 15 is 0 Å². The highest BCUT2D eigenvalue weighted by Gasteiger charge is 2.11. The molecule has 3 N–H and O–H groups in total. The monoisotopic (exact) mass is 238 g/mol. The smallest absolute Gasteiger partial charge is 0.120 e. The molecular formula is C12H15ClN2O. The second-order valence-electron chi connectivity index (χ2n) is 3.53. The number of allylic oxidation sites excluding steroid dienone is 2. The molecule has 86 valence electrons. The Labute approximate surface area is 100 Å². The first-order valence-corrected chi connectivity index (χ1v) is 5.21. The minimum Gasteiger partial charge on any atom is -0.497 e. The minimum absolute atomic E-state index is 0.395. The summed E-state index contributed by atoms with van der Waals surface area (Å²) in [4.78, 5) is 0. The Bertz CT molecular complexity index is 448. The third-order valence-electron chi connectivity index (χ3n) is 2.21. The van der Waals surface area contributed by atoms with E-state index in [4.69, 9.17) is 27.5 Å². The minimum atomic E-state index is 0.395. The quantitative estimate of drug-likeness (QED) is 0.795. The number of nitrogens with one attached hydrogen (secondary N) is 1. The van der Waals surface area contributed by atoms with E-state index in [2.05, 4.69) is 0 Å². The summed E-state index contributed by atoms with van der Waals surface area (Å²) in [6, 6.07) is 5.32. The molecule has 0 unspecified atom stereocenters. The predicted molar refractivity (Wildman–Crippen MR) is 68.2 cm³/mol. The summed E-state index contributed by atoms with van der Waals surface area (Å²) < 4.78 is 5.07. The molecule has 3 nitrogen and oxygen atoms in total. The Morgan fingerprint density at radius 2 is 2.00 bits per heavy atom. The predicted octanol–water partition coefficient (Wildman–Crippen LogP) is 3.08. The summed E-state index contributed by atoms with van der Waals surface area (Å²) in [6.45, 7) is 3.44. The van der Waals surface area contributed by atoms with Gasteiger partial charge >= 0.3 is 0 Å². The van der Waals surface area contributed by atoms with Gasteiger partial charge in [-0.15, -0.1) is 0 Å². The van der Waals surface area contributed by atoms with Crippen molar-refractivity contribution in [3.63, 3.8) is 0 Å². The fraction of sp³-hybridized carbons (Fsp3) is 0.250. The van der Waals surface area contributed by atoms with Gasteiger partial charge in [-0.2, -0.15) is 0 Å². The molecule has 0 bridgehead atoms. The van der Waals surface area contributed by atoms with Crippen LogP contribution in [0.15, 0.2) is 23.9 Å². The number of ether oxygens (including phenoxy) is 1. The summed E-state index contributed by atoms with van der Waals surface area (Å²) >= 11 is 6.12. The molecule has 4 heteroatoms. The fourth-order valence-corrected chi connectivity index (χ4v) is 1.80. The average molecular weight is 239 g/mol. The summed E-state index contributed by atoms with van der Waals surface area (Å²) in [5.74, 6) is 0.686. The Morgan fingerprint density at radius 3 is 2.38 bits per heavy atom. The molecule has 0 aliphatic rings. The number of hydrogen-bond donors (Lipinski definition) is 2. The first-order chi connectivity index (χ1) is 7.47. The maximum absolute atomic E-state index is 7.69. The number of benzene rings is 1. The van der Waals surface area contributed by atoms with E-state index in [1.165, 1.54) is 0 Å². The van der Waals surface area contributed by atoms with E-state index in [1.807, 2.05) is 6.07 Å². The van der Waals surface area contributed by atoms with Crippen LogP contribution in [-0.2, 0) is 0 Å². The molecular weight excluding hydrogens is 224 g/mol. The summed E-state index contributed by atoms with van der Waals surface area (Å²) in [5.41, 5.74) is 8.17. The van der Waals surface area contributed by atoms with Gasteiger partial charge in [0.15, 0.2) is 0 Å². The van der Waals surface area contributed by atoms with Crippen molar-refractivity contribution in [2.75, 3.05) is 7.11 Å². The highest BCUT2D eigenvalue weighted by atomic mass is 35.5. The van der Waals surface area contributed by atoms with E-state index in [0.29, 0.717) is 27.8 Å². The van der Waals surface area contributed by atoms with Crippen LogP contribution in [0.5, 0.6) is 5.75 Å². The van der Waals surface area contributed by atoms with Gasteiger partial charge in [0.2, 0.25) is 0 Å². The summed E-state index contributed by atoms with van der Waals surface area (Å²) in [7, 11) is 1.58. The lowest BCUT2D eigenvalue weighted by molar-refractivity contribution is 0.415. The summed E-state index contributed by atoms with van der Waals surface area (Å²) in [6.07, 6.45) is 0. The first-order valence-electron chi connectivity index (χ1n) is 4.83. The van der Waals surface area contributed by atoms with Gasteiger partial charge in [-0.3, -0.25) is 0 Å². The van der Waals surface area contributed by atoms with Crippen molar-refractivity contribution >= 4 is 22.9 Å². The van der Waals surface area contributed by atoms with Crippen molar-refractivity contribution in [3.05, 3.63) is 34.5 Å². The van der Waals surface area contributed by atoms with Crippen molar-refractivity contribution in [3.8, 4) is 5.75 Å². The van der Waals surface area contributed by atoms with Crippen LogP contribution < -0.4 is 10.5 Å². The molecule has 0 fully saturated rings. The lowest BCUT2D eigenvalue weighted by Crippen LogP contribution is -2.05. The lowest BCUT2D eigenvalue weighted by Gasteiger charge is -2.11. The van der Waals surface area contributed by atoms with Gasteiger partial charge < -0.3 is 15.9 Å². The third kappa shape index (κ3) is 2.55. The van der Waals surface area contributed by atoms with Crippen LogP contribution in [0.4, 0.5) is 0 Å². The first kappa shape index (κ1) is 12.6. The normalized spacial score (nSPS) is 12.0. The van der Waals surface area contributed by atoms with Gasteiger partial charge in [-0.05, 0) is 32.0 Å². The van der Waals surface area contributed by atoms with Crippen LogP contribution in [0, 0.1) is 5.41 Å². The van der Waals surface area contributed by atoms with Crippen molar-refractivity contribution in [2.45, 2.75) is 13.8 Å². The molecule has 0 heterocycles. The van der Waals surface area contributed by atoms with E-state index in [9.17, 15) is 0 Å². The van der Waals surface area contributed by atoms with Crippen molar-refractivity contribution in [1.29, 1.82) is 5.41 Å². The number of nitrogens with two attached hydrogens (primary N) is 1.